The number of aromatic nitrogens is 1. The number of carbonyl (C=O) groups is 1. The Morgan fingerprint density at radius 3 is 2.84 bits per heavy atom. The third-order valence-corrected chi connectivity index (χ3v) is 4.51. The normalized spacial score (nSPS) is 10.6. The van der Waals surface area contributed by atoms with Crippen molar-refractivity contribution in [3.05, 3.63) is 53.6 Å². The molecule has 0 radical (unpaired) electrons. The first kappa shape index (κ1) is 17.3. The molecule has 0 saturated heterocycles. The first-order valence-electron chi connectivity index (χ1n) is 7.58. The number of rotatable bonds is 6. The highest BCUT2D eigenvalue weighted by atomic mass is 35.5. The van der Waals surface area contributed by atoms with Gasteiger partial charge in [0.05, 0.1) is 18.2 Å². The van der Waals surface area contributed by atoms with Gasteiger partial charge in [-0.15, -0.1) is 0 Å². The molecule has 3 rings (SSSR count). The molecule has 0 aliphatic heterocycles. The summed E-state index contributed by atoms with van der Waals surface area (Å²) in [6.07, 6.45) is 0.271. The van der Waals surface area contributed by atoms with Gasteiger partial charge in [0.15, 0.2) is 5.58 Å². The molecule has 0 unspecified atom stereocenters. The summed E-state index contributed by atoms with van der Waals surface area (Å²) in [4.78, 5) is 18.5. The van der Waals surface area contributed by atoms with Gasteiger partial charge in [0.25, 0.3) is 5.22 Å². The molecule has 0 spiro atoms. The molecule has 0 atom stereocenters. The van der Waals surface area contributed by atoms with Gasteiger partial charge in [-0.25, -0.2) is 4.98 Å². The Bertz CT molecular complexity index is 921. The van der Waals surface area contributed by atoms with Crippen LogP contribution >= 0.6 is 23.4 Å². The molecule has 1 aromatic heterocycles. The van der Waals surface area contributed by atoms with Crippen molar-refractivity contribution in [1.29, 1.82) is 5.26 Å². The fourth-order valence-corrected chi connectivity index (χ4v) is 3.19. The molecule has 126 valence electrons. The second kappa shape index (κ2) is 8.06. The van der Waals surface area contributed by atoms with Crippen molar-refractivity contribution in [2.45, 2.75) is 11.6 Å². The monoisotopic (exact) mass is 371 g/mol. The lowest BCUT2D eigenvalue weighted by molar-refractivity contribution is -0.116. The van der Waals surface area contributed by atoms with E-state index >= 15 is 0 Å². The average molecular weight is 372 g/mol. The fraction of sp³-hybridized carbons (Fsp3) is 0.167. The van der Waals surface area contributed by atoms with E-state index in [1.165, 1.54) is 11.8 Å². The number of oxazole rings is 1. The Labute approximate surface area is 154 Å². The molecule has 0 N–H and O–H groups in total. The highest BCUT2D eigenvalue weighted by Crippen LogP contribution is 2.26. The summed E-state index contributed by atoms with van der Waals surface area (Å²) in [5, 5.41) is 9.82. The Kier molecular flexibility index (Phi) is 5.59. The maximum absolute atomic E-state index is 12.6. The molecule has 0 aliphatic rings. The number of para-hydroxylation sites is 1. The van der Waals surface area contributed by atoms with E-state index in [9.17, 15) is 4.79 Å². The molecule has 1 amide bonds. The van der Waals surface area contributed by atoms with Crippen LogP contribution in [0.25, 0.3) is 11.1 Å². The number of amides is 1. The fourth-order valence-electron chi connectivity index (χ4n) is 2.31. The zero-order valence-corrected chi connectivity index (χ0v) is 14.8. The number of nitrogens with zero attached hydrogens (tertiary/aromatic N) is 3. The molecule has 7 heteroatoms. The number of hydrogen-bond donors (Lipinski definition) is 0. The minimum atomic E-state index is -0.105. The van der Waals surface area contributed by atoms with E-state index in [-0.39, 0.29) is 18.1 Å². The number of anilines is 1. The summed E-state index contributed by atoms with van der Waals surface area (Å²) < 4.78 is 5.61. The van der Waals surface area contributed by atoms with E-state index in [4.69, 9.17) is 21.3 Å². The Hall–Kier alpha value is -2.49. The summed E-state index contributed by atoms with van der Waals surface area (Å²) in [6, 6.07) is 16.6. The maximum atomic E-state index is 12.6. The zero-order chi connectivity index (χ0) is 17.6. The smallest absolute Gasteiger partial charge is 0.257 e. The lowest BCUT2D eigenvalue weighted by atomic mass is 10.2. The van der Waals surface area contributed by atoms with Crippen molar-refractivity contribution in [1.82, 2.24) is 4.98 Å². The molecule has 25 heavy (non-hydrogen) atoms. The number of benzene rings is 2. The lowest BCUT2D eigenvalue weighted by Crippen LogP contribution is -2.33. The van der Waals surface area contributed by atoms with Gasteiger partial charge in [-0.3, -0.25) is 4.79 Å². The Morgan fingerprint density at radius 1 is 1.28 bits per heavy atom. The highest BCUT2D eigenvalue weighted by Gasteiger charge is 2.17. The van der Waals surface area contributed by atoms with E-state index in [1.807, 2.05) is 30.3 Å². The topological polar surface area (TPSA) is 70.1 Å². The van der Waals surface area contributed by atoms with Gasteiger partial charge < -0.3 is 9.32 Å². The maximum Gasteiger partial charge on any atom is 0.257 e. The summed E-state index contributed by atoms with van der Waals surface area (Å²) in [5.74, 6) is 0.0627. The number of thioether (sulfide) groups is 1. The average Bonchev–Trinajstić information content (AvgIpc) is 3.03. The van der Waals surface area contributed by atoms with E-state index in [0.717, 1.165) is 5.69 Å². The van der Waals surface area contributed by atoms with Gasteiger partial charge in [-0.2, -0.15) is 5.26 Å². The minimum Gasteiger partial charge on any atom is -0.431 e. The lowest BCUT2D eigenvalue weighted by Gasteiger charge is -2.21. The molecular weight excluding hydrogens is 358 g/mol. The number of hydrogen-bond acceptors (Lipinski definition) is 5. The van der Waals surface area contributed by atoms with Crippen LogP contribution in [0.5, 0.6) is 0 Å². The quantitative estimate of drug-likeness (QED) is 0.596. The third kappa shape index (κ3) is 4.32. The van der Waals surface area contributed by atoms with Gasteiger partial charge in [-0.1, -0.05) is 41.6 Å². The first-order valence-corrected chi connectivity index (χ1v) is 8.95. The van der Waals surface area contributed by atoms with Crippen molar-refractivity contribution < 1.29 is 9.21 Å². The van der Waals surface area contributed by atoms with Crippen LogP contribution in [0, 0.1) is 11.3 Å². The van der Waals surface area contributed by atoms with Gasteiger partial charge in [0, 0.05) is 17.3 Å². The summed E-state index contributed by atoms with van der Waals surface area (Å²) >= 11 is 7.16. The van der Waals surface area contributed by atoms with Crippen LogP contribution in [0.3, 0.4) is 0 Å². The van der Waals surface area contributed by atoms with Gasteiger partial charge in [-0.05, 0) is 30.3 Å². The van der Waals surface area contributed by atoms with E-state index in [2.05, 4.69) is 11.1 Å². The van der Waals surface area contributed by atoms with Gasteiger partial charge in [0.1, 0.15) is 5.52 Å². The number of halogens is 1. The predicted molar refractivity (Wildman–Crippen MR) is 98.8 cm³/mol. The molecule has 2 aromatic carbocycles. The molecule has 1 heterocycles. The number of carbonyl (C=O) groups excluding carboxylic acids is 1. The van der Waals surface area contributed by atoms with Crippen LogP contribution in [-0.4, -0.2) is 23.2 Å². The van der Waals surface area contributed by atoms with Crippen LogP contribution in [-0.2, 0) is 4.79 Å². The van der Waals surface area contributed by atoms with Crippen molar-refractivity contribution in [3.8, 4) is 6.07 Å². The van der Waals surface area contributed by atoms with Crippen LogP contribution in [0.2, 0.25) is 5.02 Å². The van der Waals surface area contributed by atoms with Crippen LogP contribution in [0.4, 0.5) is 5.69 Å². The van der Waals surface area contributed by atoms with Gasteiger partial charge >= 0.3 is 0 Å². The highest BCUT2D eigenvalue weighted by molar-refractivity contribution is 7.99. The van der Waals surface area contributed by atoms with E-state index in [1.54, 1.807) is 23.1 Å². The largest absolute Gasteiger partial charge is 0.431 e. The van der Waals surface area contributed by atoms with Crippen molar-refractivity contribution >= 4 is 46.1 Å². The molecule has 5 nitrogen and oxygen atoms in total. The molecular formula is C18H14ClN3O2S. The van der Waals surface area contributed by atoms with Crippen molar-refractivity contribution in [2.24, 2.45) is 0 Å². The first-order chi connectivity index (χ1) is 12.2. The molecule has 0 aliphatic carbocycles. The van der Waals surface area contributed by atoms with Crippen LogP contribution in [0.15, 0.2) is 58.2 Å². The second-order valence-electron chi connectivity index (χ2n) is 5.17. The third-order valence-electron chi connectivity index (χ3n) is 3.47. The molecule has 0 bridgehead atoms. The zero-order valence-electron chi connectivity index (χ0n) is 13.2. The Morgan fingerprint density at radius 2 is 2.08 bits per heavy atom. The summed E-state index contributed by atoms with van der Waals surface area (Å²) in [6.45, 7) is 0.350. The second-order valence-corrected chi connectivity index (χ2v) is 6.53. The number of fused-ring (bicyclic) bond motifs is 1. The van der Waals surface area contributed by atoms with Crippen molar-refractivity contribution in [2.75, 3.05) is 17.2 Å². The molecule has 3 aromatic rings. The predicted octanol–water partition coefficient (Wildman–Crippen LogP) is 4.52. The van der Waals surface area contributed by atoms with Crippen LogP contribution in [0.1, 0.15) is 6.42 Å². The molecule has 0 saturated carbocycles. The SMILES string of the molecule is N#CCCN(C(=O)CSc1nc2cc(Cl)ccc2o1)c1ccccc1. The standard InChI is InChI=1S/C18H14ClN3O2S/c19-13-7-8-16-15(11-13)21-18(24-16)25-12-17(23)22(10-4-9-20)14-5-2-1-3-6-14/h1-3,5-8,11H,4,10,12H2. The summed E-state index contributed by atoms with van der Waals surface area (Å²) in [7, 11) is 0. The number of nitriles is 1. The summed E-state index contributed by atoms with van der Waals surface area (Å²) in [5.41, 5.74) is 2.06. The Balaban J connectivity index is 1.71. The van der Waals surface area contributed by atoms with Gasteiger partial charge in [0.2, 0.25) is 5.91 Å². The molecule has 0 fully saturated rings. The van der Waals surface area contributed by atoms with E-state index in [0.29, 0.717) is 27.9 Å². The van der Waals surface area contributed by atoms with E-state index < -0.39 is 0 Å². The van der Waals surface area contributed by atoms with Crippen LogP contribution < -0.4 is 4.90 Å². The van der Waals surface area contributed by atoms with Crippen molar-refractivity contribution in [3.63, 3.8) is 0 Å². The minimum absolute atomic E-state index is 0.105.